The van der Waals surface area contributed by atoms with Gasteiger partial charge in [-0.25, -0.2) is 0 Å². The van der Waals surface area contributed by atoms with Gasteiger partial charge in [-0.2, -0.15) is 0 Å². The van der Waals surface area contributed by atoms with Crippen LogP contribution in [0.1, 0.15) is 13.8 Å². The van der Waals surface area contributed by atoms with Crippen molar-refractivity contribution in [1.29, 1.82) is 0 Å². The molecule has 0 aliphatic carbocycles. The maximum Gasteiger partial charge on any atom is 0.0985 e. The molecular weight excluding hydrogens is 591 g/mol. The van der Waals surface area contributed by atoms with Gasteiger partial charge in [-0.15, -0.1) is 24.0 Å². The summed E-state index contributed by atoms with van der Waals surface area (Å²) in [6, 6.07) is 26.4. The second kappa shape index (κ2) is 11.0. The van der Waals surface area contributed by atoms with Gasteiger partial charge < -0.3 is 9.80 Å². The molecule has 0 aromatic heterocycles. The molecule has 1 unspecified atom stereocenters. The number of allylic oxidation sites excluding steroid dienone is 4. The van der Waals surface area contributed by atoms with E-state index in [9.17, 15) is 0 Å². The third-order valence-corrected chi connectivity index (χ3v) is 9.06. The summed E-state index contributed by atoms with van der Waals surface area (Å²) in [5.41, 5.74) is 2.72. The lowest BCUT2D eigenvalue weighted by molar-refractivity contribution is 0.882. The Labute approximate surface area is 239 Å². The van der Waals surface area contributed by atoms with Crippen LogP contribution in [-0.4, -0.2) is 18.5 Å². The maximum absolute atomic E-state index is 2.51. The Morgan fingerprint density at radius 2 is 1.39 bits per heavy atom. The molecule has 4 aromatic carbocycles. The highest BCUT2D eigenvalue weighted by Gasteiger charge is 2.29. The summed E-state index contributed by atoms with van der Waals surface area (Å²) >= 11 is 3.80. The van der Waals surface area contributed by atoms with E-state index in [1.54, 1.807) is 0 Å². The Hall–Kier alpha value is -2.35. The van der Waals surface area contributed by atoms with Gasteiger partial charge in [0.1, 0.15) is 0 Å². The van der Waals surface area contributed by atoms with Crippen LogP contribution in [0.4, 0.5) is 11.4 Å². The SMILES string of the molecule is CCN1\C(=C/C=C/C=C/C2Sc3ccc4ccccc4c3N2CC)Sc2ccc3ccccc3c21.I. The summed E-state index contributed by atoms with van der Waals surface area (Å²) in [4.78, 5) is 7.66. The standard InChI is InChI=1S/C31H28N2S2.HI/c1-3-32-28(34-26-20-18-22-12-8-10-14-24(22)30(26)32)16-6-5-7-17-29-33(4-2)31-25-15-11-9-13-23(25)19-21-27(31)35-29;/h5-21,28H,3-4H2,1-2H3;1H/b7-5+,16-6+,29-17+;. The Morgan fingerprint density at radius 3 is 2.08 bits per heavy atom. The van der Waals surface area contributed by atoms with Crippen LogP contribution in [0.25, 0.3) is 21.5 Å². The van der Waals surface area contributed by atoms with Gasteiger partial charge in [0.15, 0.2) is 0 Å². The van der Waals surface area contributed by atoms with Crippen molar-refractivity contribution in [2.45, 2.75) is 29.0 Å². The van der Waals surface area contributed by atoms with Crippen molar-refractivity contribution in [1.82, 2.24) is 0 Å². The van der Waals surface area contributed by atoms with Gasteiger partial charge in [0.2, 0.25) is 0 Å². The number of likely N-dealkylation sites (N-methyl/N-ethyl adjacent to an activating group) is 1. The second-order valence-electron chi connectivity index (χ2n) is 8.68. The summed E-state index contributed by atoms with van der Waals surface area (Å²) in [6.45, 7) is 6.43. The first-order valence-electron chi connectivity index (χ1n) is 12.3. The summed E-state index contributed by atoms with van der Waals surface area (Å²) in [7, 11) is 0. The van der Waals surface area contributed by atoms with Gasteiger partial charge in [0.25, 0.3) is 0 Å². The van der Waals surface area contributed by atoms with Crippen molar-refractivity contribution >= 4 is 80.4 Å². The molecule has 0 bridgehead atoms. The zero-order valence-electron chi connectivity index (χ0n) is 20.4. The van der Waals surface area contributed by atoms with E-state index < -0.39 is 0 Å². The summed E-state index contributed by atoms with van der Waals surface area (Å²) < 4.78 is 0. The highest BCUT2D eigenvalue weighted by atomic mass is 127. The van der Waals surface area contributed by atoms with Crippen LogP contribution < -0.4 is 9.80 Å². The van der Waals surface area contributed by atoms with Gasteiger partial charge in [0, 0.05) is 33.7 Å². The fraction of sp³-hybridized carbons (Fsp3) is 0.161. The normalized spacial score (nSPS) is 18.1. The van der Waals surface area contributed by atoms with Gasteiger partial charge in [-0.3, -0.25) is 0 Å². The average Bonchev–Trinajstić information content (AvgIpc) is 3.46. The first-order chi connectivity index (χ1) is 17.3. The Kier molecular flexibility index (Phi) is 7.70. The van der Waals surface area contributed by atoms with Crippen molar-refractivity contribution in [2.75, 3.05) is 22.9 Å². The number of nitrogens with zero attached hydrogens (tertiary/aromatic N) is 2. The lowest BCUT2D eigenvalue weighted by atomic mass is 10.1. The molecule has 182 valence electrons. The first kappa shape index (κ1) is 25.3. The van der Waals surface area contributed by atoms with E-state index in [0.717, 1.165) is 13.1 Å². The summed E-state index contributed by atoms with van der Waals surface area (Å²) in [5.74, 6) is 0. The zero-order chi connectivity index (χ0) is 23.8. The van der Waals surface area contributed by atoms with Crippen LogP contribution in [-0.2, 0) is 0 Å². The summed E-state index contributed by atoms with van der Waals surface area (Å²) in [6.07, 6.45) is 11.1. The first-order valence-corrected chi connectivity index (χ1v) is 14.0. The van der Waals surface area contributed by atoms with Crippen LogP contribution in [0, 0.1) is 0 Å². The maximum atomic E-state index is 2.51. The quantitative estimate of drug-likeness (QED) is 0.162. The summed E-state index contributed by atoms with van der Waals surface area (Å²) in [5, 5.41) is 6.89. The molecule has 36 heavy (non-hydrogen) atoms. The second-order valence-corrected chi connectivity index (χ2v) is 10.9. The van der Waals surface area contributed by atoms with E-state index in [1.807, 2.05) is 23.5 Å². The van der Waals surface area contributed by atoms with Crippen molar-refractivity contribution in [3.8, 4) is 0 Å². The van der Waals surface area contributed by atoms with Crippen LogP contribution in [0.2, 0.25) is 0 Å². The molecule has 5 heteroatoms. The Morgan fingerprint density at radius 1 is 0.722 bits per heavy atom. The topological polar surface area (TPSA) is 6.48 Å². The van der Waals surface area contributed by atoms with E-state index in [1.165, 1.54) is 47.7 Å². The minimum Gasteiger partial charge on any atom is -0.355 e. The predicted octanol–water partition coefficient (Wildman–Crippen LogP) is 9.46. The zero-order valence-corrected chi connectivity index (χ0v) is 24.4. The monoisotopic (exact) mass is 620 g/mol. The molecule has 2 aliphatic heterocycles. The lowest BCUT2D eigenvalue weighted by Crippen LogP contribution is -2.27. The Balaban J connectivity index is 0.00000267. The molecular formula is C31H29IN2S2. The van der Waals surface area contributed by atoms with Crippen LogP contribution in [0.15, 0.2) is 118 Å². The molecule has 1 atom stereocenters. The number of hydrogen-bond acceptors (Lipinski definition) is 4. The largest absolute Gasteiger partial charge is 0.355 e. The number of rotatable bonds is 5. The van der Waals surface area contributed by atoms with E-state index in [2.05, 4.69) is 127 Å². The van der Waals surface area contributed by atoms with E-state index in [4.69, 9.17) is 0 Å². The van der Waals surface area contributed by atoms with Crippen molar-refractivity contribution in [3.63, 3.8) is 0 Å². The molecule has 0 radical (unpaired) electrons. The highest BCUT2D eigenvalue weighted by Crippen LogP contribution is 2.49. The predicted molar refractivity (Wildman–Crippen MR) is 171 cm³/mol. The fourth-order valence-corrected chi connectivity index (χ4v) is 7.55. The molecule has 0 saturated carbocycles. The fourth-order valence-electron chi connectivity index (χ4n) is 5.10. The van der Waals surface area contributed by atoms with Gasteiger partial charge in [0.05, 0.1) is 21.8 Å². The number of hydrogen-bond donors (Lipinski definition) is 0. The molecule has 0 amide bonds. The van der Waals surface area contributed by atoms with Gasteiger partial charge in [-0.1, -0.05) is 108 Å². The molecule has 0 N–H and O–H groups in total. The van der Waals surface area contributed by atoms with Crippen LogP contribution >= 0.6 is 47.5 Å². The molecule has 4 aromatic rings. The average molecular weight is 621 g/mol. The van der Waals surface area contributed by atoms with Crippen molar-refractivity contribution < 1.29 is 0 Å². The minimum atomic E-state index is 0. The van der Waals surface area contributed by atoms with E-state index in [-0.39, 0.29) is 24.0 Å². The number of anilines is 2. The molecule has 2 nitrogen and oxygen atoms in total. The smallest absolute Gasteiger partial charge is 0.0985 e. The number of halogens is 1. The highest BCUT2D eigenvalue weighted by molar-refractivity contribution is 14.0. The van der Waals surface area contributed by atoms with Gasteiger partial charge in [-0.05, 0) is 42.8 Å². The molecule has 2 heterocycles. The molecule has 0 saturated heterocycles. The molecule has 0 spiro atoms. The van der Waals surface area contributed by atoms with Crippen molar-refractivity contribution in [3.05, 3.63) is 108 Å². The van der Waals surface area contributed by atoms with Crippen molar-refractivity contribution in [2.24, 2.45) is 0 Å². The molecule has 2 aliphatic rings. The van der Waals surface area contributed by atoms with E-state index >= 15 is 0 Å². The number of fused-ring (bicyclic) bond motifs is 6. The van der Waals surface area contributed by atoms with Crippen LogP contribution in [0.5, 0.6) is 0 Å². The third kappa shape index (κ3) is 4.46. The van der Waals surface area contributed by atoms with Gasteiger partial charge >= 0.3 is 0 Å². The molecule has 6 rings (SSSR count). The van der Waals surface area contributed by atoms with Crippen LogP contribution in [0.3, 0.4) is 0 Å². The Bertz CT molecular complexity index is 1510. The van der Waals surface area contributed by atoms with E-state index in [0.29, 0.717) is 5.37 Å². The third-order valence-electron chi connectivity index (χ3n) is 6.71. The minimum absolute atomic E-state index is 0. The number of benzene rings is 4. The number of thioether (sulfide) groups is 2. The lowest BCUT2D eigenvalue weighted by Gasteiger charge is -2.23. The molecule has 0 fully saturated rings.